The maximum absolute atomic E-state index is 11.3. The first-order chi connectivity index (χ1) is 7.24. The van der Waals surface area contributed by atoms with Crippen molar-refractivity contribution in [3.63, 3.8) is 0 Å². The maximum Gasteiger partial charge on any atom is 0.239 e. The normalized spacial score (nSPS) is 14.9. The molecule has 1 aliphatic rings. The summed E-state index contributed by atoms with van der Waals surface area (Å²) < 4.78 is 0. The van der Waals surface area contributed by atoms with Gasteiger partial charge in [0.15, 0.2) is 0 Å². The van der Waals surface area contributed by atoms with Gasteiger partial charge >= 0.3 is 0 Å². The van der Waals surface area contributed by atoms with E-state index in [2.05, 4.69) is 15.3 Å². The van der Waals surface area contributed by atoms with Gasteiger partial charge in [0, 0.05) is 31.0 Å². The van der Waals surface area contributed by atoms with Crippen molar-refractivity contribution in [2.24, 2.45) is 5.11 Å². The van der Waals surface area contributed by atoms with Gasteiger partial charge in [0.05, 0.1) is 6.54 Å². The smallest absolute Gasteiger partial charge is 0.239 e. The molecule has 1 fully saturated rings. The molecule has 7 nitrogen and oxygen atoms in total. The molecule has 0 saturated carbocycles. The average Bonchev–Trinajstić information content (AvgIpc) is 2.59. The summed E-state index contributed by atoms with van der Waals surface area (Å²) in [5.74, 6) is -0.182. The third kappa shape index (κ3) is 3.86. The van der Waals surface area contributed by atoms with Crippen molar-refractivity contribution >= 4 is 11.8 Å². The second-order valence-corrected chi connectivity index (χ2v) is 3.22. The molecule has 1 heterocycles. The number of hydrogen-bond acceptors (Lipinski definition) is 3. The van der Waals surface area contributed by atoms with Gasteiger partial charge in [-0.15, -0.1) is 0 Å². The highest BCUT2D eigenvalue weighted by Crippen LogP contribution is 2.08. The number of carbonyl (C=O) groups excluding carboxylic acids is 2. The third-order valence-corrected chi connectivity index (χ3v) is 2.10. The standard InChI is InChI=1S/C8H13N5O2/c9-12-11-4-3-10-7(14)6-13-5-1-2-8(13)15/h1-6H2,(H,10,14). The Hall–Kier alpha value is -1.75. The van der Waals surface area contributed by atoms with Gasteiger partial charge in [0.2, 0.25) is 11.8 Å². The molecule has 15 heavy (non-hydrogen) atoms. The number of amides is 2. The van der Waals surface area contributed by atoms with E-state index < -0.39 is 0 Å². The first-order valence-electron chi connectivity index (χ1n) is 4.79. The van der Waals surface area contributed by atoms with Gasteiger partial charge in [0.25, 0.3) is 0 Å². The quantitative estimate of drug-likeness (QED) is 0.300. The Labute approximate surface area is 87.1 Å². The third-order valence-electron chi connectivity index (χ3n) is 2.10. The van der Waals surface area contributed by atoms with E-state index in [9.17, 15) is 9.59 Å². The molecule has 0 bridgehead atoms. The number of hydrogen-bond donors (Lipinski definition) is 1. The summed E-state index contributed by atoms with van der Waals surface area (Å²) in [5.41, 5.74) is 7.99. The topological polar surface area (TPSA) is 98.2 Å². The molecule has 0 radical (unpaired) electrons. The van der Waals surface area contributed by atoms with Gasteiger partial charge < -0.3 is 10.2 Å². The molecule has 2 amide bonds. The lowest BCUT2D eigenvalue weighted by Crippen LogP contribution is -2.38. The van der Waals surface area contributed by atoms with Gasteiger partial charge in [-0.05, 0) is 12.0 Å². The van der Waals surface area contributed by atoms with Crippen LogP contribution in [-0.4, -0.2) is 42.9 Å². The average molecular weight is 211 g/mol. The van der Waals surface area contributed by atoms with Crippen LogP contribution in [0.1, 0.15) is 12.8 Å². The number of azide groups is 1. The molecule has 0 unspecified atom stereocenters. The van der Waals surface area contributed by atoms with Crippen LogP contribution in [0.3, 0.4) is 0 Å². The first kappa shape index (κ1) is 11.3. The van der Waals surface area contributed by atoms with E-state index in [4.69, 9.17) is 5.53 Å². The number of likely N-dealkylation sites (tertiary alicyclic amines) is 1. The molecule has 7 heteroatoms. The molecular formula is C8H13N5O2. The number of nitrogens with one attached hydrogen (secondary N) is 1. The fraction of sp³-hybridized carbons (Fsp3) is 0.750. The van der Waals surface area contributed by atoms with Gasteiger partial charge in [0.1, 0.15) is 0 Å². The lowest BCUT2D eigenvalue weighted by atomic mass is 10.4. The van der Waals surface area contributed by atoms with Crippen molar-refractivity contribution in [3.05, 3.63) is 10.4 Å². The molecule has 0 spiro atoms. The fourth-order valence-electron chi connectivity index (χ4n) is 1.39. The van der Waals surface area contributed by atoms with Crippen molar-refractivity contribution in [3.8, 4) is 0 Å². The molecule has 1 rings (SSSR count). The molecule has 1 saturated heterocycles. The van der Waals surface area contributed by atoms with Crippen molar-refractivity contribution in [2.45, 2.75) is 12.8 Å². The minimum Gasteiger partial charge on any atom is -0.354 e. The van der Waals surface area contributed by atoms with E-state index in [-0.39, 0.29) is 24.9 Å². The van der Waals surface area contributed by atoms with E-state index in [1.54, 1.807) is 0 Å². The van der Waals surface area contributed by atoms with Crippen LogP contribution in [-0.2, 0) is 9.59 Å². The number of nitrogens with zero attached hydrogens (tertiary/aromatic N) is 4. The Kier molecular flexibility index (Phi) is 4.43. The predicted molar refractivity (Wildman–Crippen MR) is 52.8 cm³/mol. The van der Waals surface area contributed by atoms with Crippen LogP contribution in [0.25, 0.3) is 10.4 Å². The summed E-state index contributed by atoms with van der Waals surface area (Å²) >= 11 is 0. The van der Waals surface area contributed by atoms with Crippen LogP contribution in [0.15, 0.2) is 5.11 Å². The molecule has 0 aromatic heterocycles. The molecule has 0 atom stereocenters. The summed E-state index contributed by atoms with van der Waals surface area (Å²) in [6.07, 6.45) is 1.36. The zero-order chi connectivity index (χ0) is 11.1. The fourth-order valence-corrected chi connectivity index (χ4v) is 1.39. The lowest BCUT2D eigenvalue weighted by Gasteiger charge is -2.14. The molecule has 0 aliphatic carbocycles. The van der Waals surface area contributed by atoms with Gasteiger partial charge in [-0.2, -0.15) is 0 Å². The van der Waals surface area contributed by atoms with Crippen molar-refractivity contribution < 1.29 is 9.59 Å². The summed E-state index contributed by atoms with van der Waals surface area (Å²) in [4.78, 5) is 26.5. The van der Waals surface area contributed by atoms with Crippen LogP contribution < -0.4 is 5.32 Å². The monoisotopic (exact) mass is 211 g/mol. The SMILES string of the molecule is [N-]=[N+]=NCCNC(=O)CN1CCCC1=O. The van der Waals surface area contributed by atoms with E-state index >= 15 is 0 Å². The second kappa shape index (κ2) is 5.87. The highest BCUT2D eigenvalue weighted by molar-refractivity contribution is 5.85. The number of carbonyl (C=O) groups is 2. The van der Waals surface area contributed by atoms with E-state index in [1.165, 1.54) is 4.90 Å². The number of rotatable bonds is 5. The lowest BCUT2D eigenvalue weighted by molar-refractivity contribution is -0.133. The largest absolute Gasteiger partial charge is 0.354 e. The minimum absolute atomic E-state index is 0.0280. The van der Waals surface area contributed by atoms with Crippen molar-refractivity contribution in [1.29, 1.82) is 0 Å². The van der Waals surface area contributed by atoms with Crippen LogP contribution in [0.4, 0.5) is 0 Å². The van der Waals surface area contributed by atoms with E-state index in [0.29, 0.717) is 19.5 Å². The molecule has 0 aromatic carbocycles. The van der Waals surface area contributed by atoms with Gasteiger partial charge in [-0.3, -0.25) is 9.59 Å². The van der Waals surface area contributed by atoms with Crippen LogP contribution >= 0.6 is 0 Å². The Morgan fingerprint density at radius 1 is 1.67 bits per heavy atom. The molecule has 1 N–H and O–H groups in total. The van der Waals surface area contributed by atoms with Crippen molar-refractivity contribution in [1.82, 2.24) is 10.2 Å². The van der Waals surface area contributed by atoms with Crippen molar-refractivity contribution in [2.75, 3.05) is 26.2 Å². The summed E-state index contributed by atoms with van der Waals surface area (Å²) in [6, 6.07) is 0. The van der Waals surface area contributed by atoms with Gasteiger partial charge in [-0.1, -0.05) is 5.11 Å². The Morgan fingerprint density at radius 2 is 2.47 bits per heavy atom. The summed E-state index contributed by atoms with van der Waals surface area (Å²) in [6.45, 7) is 1.30. The molecular weight excluding hydrogens is 198 g/mol. The highest BCUT2D eigenvalue weighted by Gasteiger charge is 2.21. The highest BCUT2D eigenvalue weighted by atomic mass is 16.2. The molecule has 82 valence electrons. The molecule has 0 aromatic rings. The second-order valence-electron chi connectivity index (χ2n) is 3.22. The summed E-state index contributed by atoms with van der Waals surface area (Å²) in [5, 5.41) is 5.84. The van der Waals surface area contributed by atoms with Crippen LogP contribution in [0.5, 0.6) is 0 Å². The Morgan fingerprint density at radius 3 is 3.07 bits per heavy atom. The van der Waals surface area contributed by atoms with Crippen LogP contribution in [0.2, 0.25) is 0 Å². The minimum atomic E-state index is -0.210. The first-order valence-corrected chi connectivity index (χ1v) is 4.79. The Bertz CT molecular complexity index is 297. The Balaban J connectivity index is 2.18. The van der Waals surface area contributed by atoms with E-state index in [1.807, 2.05) is 0 Å². The van der Waals surface area contributed by atoms with E-state index in [0.717, 1.165) is 6.42 Å². The maximum atomic E-state index is 11.3. The zero-order valence-corrected chi connectivity index (χ0v) is 8.35. The molecule has 1 aliphatic heterocycles. The zero-order valence-electron chi connectivity index (χ0n) is 8.35. The van der Waals surface area contributed by atoms with Gasteiger partial charge in [-0.25, -0.2) is 0 Å². The predicted octanol–water partition coefficient (Wildman–Crippen LogP) is 0.0353. The van der Waals surface area contributed by atoms with Crippen LogP contribution in [0, 0.1) is 0 Å². The summed E-state index contributed by atoms with van der Waals surface area (Å²) in [7, 11) is 0.